The van der Waals surface area contributed by atoms with Gasteiger partial charge in [-0.3, -0.25) is 4.79 Å². The first kappa shape index (κ1) is 14.2. The van der Waals surface area contributed by atoms with Gasteiger partial charge in [-0.2, -0.15) is 0 Å². The second kappa shape index (κ2) is 6.80. The third kappa shape index (κ3) is 4.50. The molecule has 1 aliphatic rings. The Balaban J connectivity index is 2.33. The first-order chi connectivity index (χ1) is 8.04. The van der Waals surface area contributed by atoms with E-state index >= 15 is 0 Å². The molecular formula is C14H26N2O. The standard InChI is InChI=1S/C14H26N2O/c1-5-6-14(17)16-9-7-13(8-10-16)11-15(4)12(2)3/h5-6,12-13H,7-11H2,1-4H3. The predicted octanol–water partition coefficient (Wildman–Crippen LogP) is 2.14. The lowest BCUT2D eigenvalue weighted by Crippen LogP contribution is -2.41. The van der Waals surface area contributed by atoms with Gasteiger partial charge in [0.2, 0.25) is 5.91 Å². The Hall–Kier alpha value is -0.830. The number of nitrogens with zero attached hydrogens (tertiary/aromatic N) is 2. The first-order valence-corrected chi connectivity index (χ1v) is 6.66. The maximum Gasteiger partial charge on any atom is 0.246 e. The Bertz CT molecular complexity index is 265. The summed E-state index contributed by atoms with van der Waals surface area (Å²) in [4.78, 5) is 16.0. The molecule has 98 valence electrons. The lowest BCUT2D eigenvalue weighted by atomic mass is 9.96. The smallest absolute Gasteiger partial charge is 0.246 e. The number of allylic oxidation sites excluding steroid dienone is 1. The van der Waals surface area contributed by atoms with E-state index in [1.54, 1.807) is 6.08 Å². The van der Waals surface area contributed by atoms with Crippen LogP contribution in [-0.2, 0) is 4.79 Å². The minimum atomic E-state index is 0.170. The molecule has 0 spiro atoms. The van der Waals surface area contributed by atoms with Crippen LogP contribution in [0.2, 0.25) is 0 Å². The van der Waals surface area contributed by atoms with Gasteiger partial charge >= 0.3 is 0 Å². The van der Waals surface area contributed by atoms with Crippen molar-refractivity contribution in [1.82, 2.24) is 9.80 Å². The molecule has 0 aromatic heterocycles. The summed E-state index contributed by atoms with van der Waals surface area (Å²) >= 11 is 0. The van der Waals surface area contributed by atoms with E-state index in [9.17, 15) is 4.79 Å². The molecule has 0 aromatic carbocycles. The molecule has 1 heterocycles. The molecule has 1 fully saturated rings. The lowest BCUT2D eigenvalue weighted by molar-refractivity contribution is -0.127. The minimum Gasteiger partial charge on any atom is -0.339 e. The number of likely N-dealkylation sites (tertiary alicyclic amines) is 1. The summed E-state index contributed by atoms with van der Waals surface area (Å²) in [6, 6.07) is 0.609. The predicted molar refractivity (Wildman–Crippen MR) is 71.9 cm³/mol. The van der Waals surface area contributed by atoms with E-state index in [1.807, 2.05) is 17.9 Å². The molecular weight excluding hydrogens is 212 g/mol. The quantitative estimate of drug-likeness (QED) is 0.701. The van der Waals surface area contributed by atoms with Crippen molar-refractivity contribution in [3.8, 4) is 0 Å². The summed E-state index contributed by atoms with van der Waals surface area (Å²) in [5.41, 5.74) is 0. The number of rotatable bonds is 4. The molecule has 1 saturated heterocycles. The van der Waals surface area contributed by atoms with Crippen molar-refractivity contribution in [3.05, 3.63) is 12.2 Å². The van der Waals surface area contributed by atoms with E-state index < -0.39 is 0 Å². The van der Waals surface area contributed by atoms with Crippen molar-refractivity contribution >= 4 is 5.91 Å². The van der Waals surface area contributed by atoms with Crippen LogP contribution in [0.1, 0.15) is 33.6 Å². The van der Waals surface area contributed by atoms with Crippen LogP contribution in [0.15, 0.2) is 12.2 Å². The average Bonchev–Trinajstić information content (AvgIpc) is 2.30. The monoisotopic (exact) mass is 238 g/mol. The van der Waals surface area contributed by atoms with Crippen molar-refractivity contribution < 1.29 is 4.79 Å². The van der Waals surface area contributed by atoms with Crippen molar-refractivity contribution in [2.24, 2.45) is 5.92 Å². The number of hydrogen-bond acceptors (Lipinski definition) is 2. The summed E-state index contributed by atoms with van der Waals surface area (Å²) in [6.45, 7) is 9.33. The van der Waals surface area contributed by atoms with Gasteiger partial charge in [0.15, 0.2) is 0 Å². The molecule has 0 aromatic rings. The Kier molecular flexibility index (Phi) is 5.69. The largest absolute Gasteiger partial charge is 0.339 e. The topological polar surface area (TPSA) is 23.6 Å². The van der Waals surface area contributed by atoms with Crippen molar-refractivity contribution in [1.29, 1.82) is 0 Å². The fourth-order valence-corrected chi connectivity index (χ4v) is 2.20. The van der Waals surface area contributed by atoms with E-state index in [4.69, 9.17) is 0 Å². The SMILES string of the molecule is CC=CC(=O)N1CCC(CN(C)C(C)C)CC1. The number of carbonyl (C=O) groups excluding carboxylic acids is 1. The van der Waals surface area contributed by atoms with Gasteiger partial charge in [-0.15, -0.1) is 0 Å². The fraction of sp³-hybridized carbons (Fsp3) is 0.786. The number of piperidine rings is 1. The molecule has 3 nitrogen and oxygen atoms in total. The summed E-state index contributed by atoms with van der Waals surface area (Å²) in [5, 5.41) is 0. The second-order valence-electron chi connectivity index (χ2n) is 5.30. The highest BCUT2D eigenvalue weighted by atomic mass is 16.2. The molecule has 1 rings (SSSR count). The van der Waals surface area contributed by atoms with Crippen LogP contribution in [0.3, 0.4) is 0 Å². The molecule has 0 atom stereocenters. The molecule has 17 heavy (non-hydrogen) atoms. The zero-order valence-electron chi connectivity index (χ0n) is 11.6. The zero-order valence-corrected chi connectivity index (χ0v) is 11.6. The normalized spacial score (nSPS) is 18.6. The molecule has 0 radical (unpaired) electrons. The molecule has 0 unspecified atom stereocenters. The fourth-order valence-electron chi connectivity index (χ4n) is 2.20. The molecule has 0 aliphatic carbocycles. The summed E-state index contributed by atoms with van der Waals surface area (Å²) in [6.07, 6.45) is 5.77. The Morgan fingerprint density at radius 2 is 2.00 bits per heavy atom. The van der Waals surface area contributed by atoms with E-state index in [0.717, 1.165) is 38.4 Å². The third-order valence-corrected chi connectivity index (χ3v) is 3.66. The van der Waals surface area contributed by atoms with Gasteiger partial charge in [0.25, 0.3) is 0 Å². The Morgan fingerprint density at radius 3 is 2.47 bits per heavy atom. The summed E-state index contributed by atoms with van der Waals surface area (Å²) < 4.78 is 0. The van der Waals surface area contributed by atoms with Gasteiger partial charge in [0.1, 0.15) is 0 Å². The Labute approximate surface area is 105 Å². The highest BCUT2D eigenvalue weighted by Crippen LogP contribution is 2.19. The molecule has 0 saturated carbocycles. The van der Waals surface area contributed by atoms with Gasteiger partial charge in [0.05, 0.1) is 0 Å². The van der Waals surface area contributed by atoms with Crippen LogP contribution in [0.5, 0.6) is 0 Å². The second-order valence-corrected chi connectivity index (χ2v) is 5.30. The Morgan fingerprint density at radius 1 is 1.41 bits per heavy atom. The van der Waals surface area contributed by atoms with E-state index in [0.29, 0.717) is 6.04 Å². The maximum absolute atomic E-state index is 11.7. The van der Waals surface area contributed by atoms with Gasteiger partial charge in [0, 0.05) is 25.7 Å². The van der Waals surface area contributed by atoms with Crippen molar-refractivity contribution in [2.45, 2.75) is 39.7 Å². The highest BCUT2D eigenvalue weighted by Gasteiger charge is 2.22. The molecule has 0 N–H and O–H groups in total. The van der Waals surface area contributed by atoms with Crippen molar-refractivity contribution in [3.63, 3.8) is 0 Å². The van der Waals surface area contributed by atoms with E-state index in [1.165, 1.54) is 0 Å². The van der Waals surface area contributed by atoms with Gasteiger partial charge in [-0.05, 0) is 52.7 Å². The van der Waals surface area contributed by atoms with Crippen molar-refractivity contribution in [2.75, 3.05) is 26.7 Å². The molecule has 3 heteroatoms. The van der Waals surface area contributed by atoms with Crippen LogP contribution in [0.4, 0.5) is 0 Å². The average molecular weight is 238 g/mol. The van der Waals surface area contributed by atoms with Crippen LogP contribution < -0.4 is 0 Å². The number of amides is 1. The van der Waals surface area contributed by atoms with E-state index in [2.05, 4.69) is 25.8 Å². The maximum atomic E-state index is 11.7. The minimum absolute atomic E-state index is 0.170. The van der Waals surface area contributed by atoms with Crippen LogP contribution in [0, 0.1) is 5.92 Å². The van der Waals surface area contributed by atoms with Crippen LogP contribution in [0.25, 0.3) is 0 Å². The van der Waals surface area contributed by atoms with Crippen LogP contribution >= 0.6 is 0 Å². The summed E-state index contributed by atoms with van der Waals surface area (Å²) in [7, 11) is 2.18. The molecule has 1 amide bonds. The van der Waals surface area contributed by atoms with E-state index in [-0.39, 0.29) is 5.91 Å². The van der Waals surface area contributed by atoms with Crippen LogP contribution in [-0.4, -0.2) is 48.4 Å². The van der Waals surface area contributed by atoms with Gasteiger partial charge in [-0.1, -0.05) is 6.08 Å². The molecule has 0 bridgehead atoms. The highest BCUT2D eigenvalue weighted by molar-refractivity contribution is 5.87. The van der Waals surface area contributed by atoms with Gasteiger partial charge in [-0.25, -0.2) is 0 Å². The molecule has 1 aliphatic heterocycles. The van der Waals surface area contributed by atoms with Gasteiger partial charge < -0.3 is 9.80 Å². The number of hydrogen-bond donors (Lipinski definition) is 0. The summed E-state index contributed by atoms with van der Waals surface area (Å²) in [5.74, 6) is 0.917. The first-order valence-electron chi connectivity index (χ1n) is 6.66. The zero-order chi connectivity index (χ0) is 12.8. The lowest BCUT2D eigenvalue weighted by Gasteiger charge is -2.34. The number of carbonyl (C=O) groups is 1. The third-order valence-electron chi connectivity index (χ3n) is 3.66.